The minimum atomic E-state index is 0.611. The molecular formula is C25H30N2O3. The van der Waals surface area contributed by atoms with Gasteiger partial charge in [0.15, 0.2) is 5.58 Å². The van der Waals surface area contributed by atoms with Crippen molar-refractivity contribution in [2.45, 2.75) is 32.6 Å². The molecule has 0 bridgehead atoms. The van der Waals surface area contributed by atoms with E-state index >= 15 is 0 Å². The number of unbranched alkanes of at least 4 members (excludes halogenated alkanes) is 1. The highest BCUT2D eigenvalue weighted by atomic mass is 16.5. The second-order valence-electron chi connectivity index (χ2n) is 7.64. The lowest BCUT2D eigenvalue weighted by atomic mass is 10.2. The third-order valence-corrected chi connectivity index (χ3v) is 5.26. The van der Waals surface area contributed by atoms with E-state index in [1.54, 1.807) is 0 Å². The average Bonchev–Trinajstić information content (AvgIpc) is 3.21. The van der Waals surface area contributed by atoms with Crippen molar-refractivity contribution in [3.63, 3.8) is 0 Å². The first kappa shape index (κ1) is 20.5. The first-order valence-electron chi connectivity index (χ1n) is 11.0. The Kier molecular flexibility index (Phi) is 7.03. The fraction of sp³-hybridized carbons (Fsp3) is 0.400. The molecule has 158 valence electrons. The van der Waals surface area contributed by atoms with Crippen LogP contribution in [0.25, 0.3) is 22.6 Å². The molecule has 0 saturated carbocycles. The summed E-state index contributed by atoms with van der Waals surface area (Å²) in [5.41, 5.74) is 2.51. The van der Waals surface area contributed by atoms with E-state index in [9.17, 15) is 0 Å². The van der Waals surface area contributed by atoms with Crippen molar-refractivity contribution in [3.05, 3.63) is 54.6 Å². The molecule has 0 aliphatic carbocycles. The van der Waals surface area contributed by atoms with Gasteiger partial charge in [0, 0.05) is 31.3 Å². The minimum Gasteiger partial charge on any atom is -0.494 e. The molecule has 0 fully saturated rings. The first-order valence-corrected chi connectivity index (χ1v) is 11.0. The molecule has 3 aromatic rings. The Morgan fingerprint density at radius 3 is 2.57 bits per heavy atom. The van der Waals surface area contributed by atoms with E-state index in [1.807, 2.05) is 42.5 Å². The molecule has 0 atom stereocenters. The standard InChI is InChI=1S/C25H30N2O3/c1-2-3-17-28-21-10-8-20(9-11-21)25-26-23-13-12-22(19-24(23)30-25)29-18-7-16-27-14-5-4-6-15-27/h4-5,8-13,19H,2-3,6-7,14-18H2,1H3. The van der Waals surface area contributed by atoms with Gasteiger partial charge in [-0.15, -0.1) is 0 Å². The Morgan fingerprint density at radius 1 is 0.967 bits per heavy atom. The van der Waals surface area contributed by atoms with Crippen LogP contribution in [0.5, 0.6) is 11.5 Å². The summed E-state index contributed by atoms with van der Waals surface area (Å²) in [6.07, 6.45) is 8.85. The quantitative estimate of drug-likeness (QED) is 0.319. The molecule has 1 aromatic heterocycles. The lowest BCUT2D eigenvalue weighted by molar-refractivity contribution is 0.247. The maximum atomic E-state index is 5.99. The van der Waals surface area contributed by atoms with Crippen molar-refractivity contribution in [3.8, 4) is 23.0 Å². The summed E-state index contributed by atoms with van der Waals surface area (Å²) in [6, 6.07) is 13.7. The van der Waals surface area contributed by atoms with Crippen molar-refractivity contribution < 1.29 is 13.9 Å². The van der Waals surface area contributed by atoms with E-state index in [0.717, 1.165) is 80.1 Å². The summed E-state index contributed by atoms with van der Waals surface area (Å²) in [7, 11) is 0. The molecule has 1 aliphatic heterocycles. The number of aromatic nitrogens is 1. The van der Waals surface area contributed by atoms with E-state index < -0.39 is 0 Å². The molecule has 1 aliphatic rings. The van der Waals surface area contributed by atoms with Crippen molar-refractivity contribution in [1.82, 2.24) is 9.88 Å². The van der Waals surface area contributed by atoms with Crippen LogP contribution in [-0.2, 0) is 0 Å². The van der Waals surface area contributed by atoms with Gasteiger partial charge in [0.05, 0.1) is 13.2 Å². The van der Waals surface area contributed by atoms with Gasteiger partial charge in [0.2, 0.25) is 5.89 Å². The van der Waals surface area contributed by atoms with Crippen LogP contribution in [0.15, 0.2) is 59.0 Å². The molecule has 2 aromatic carbocycles. The summed E-state index contributed by atoms with van der Waals surface area (Å²) in [5, 5.41) is 0. The third-order valence-electron chi connectivity index (χ3n) is 5.26. The number of benzene rings is 2. The van der Waals surface area contributed by atoms with Gasteiger partial charge >= 0.3 is 0 Å². The lowest BCUT2D eigenvalue weighted by Crippen LogP contribution is -2.29. The predicted octanol–water partition coefficient (Wildman–Crippen LogP) is 5.70. The van der Waals surface area contributed by atoms with E-state index in [2.05, 4.69) is 29.0 Å². The van der Waals surface area contributed by atoms with Crippen LogP contribution in [0.2, 0.25) is 0 Å². The van der Waals surface area contributed by atoms with Gasteiger partial charge < -0.3 is 13.9 Å². The van der Waals surface area contributed by atoms with Crippen LogP contribution >= 0.6 is 0 Å². The summed E-state index contributed by atoms with van der Waals surface area (Å²) < 4.78 is 17.6. The SMILES string of the molecule is CCCCOc1ccc(-c2nc3ccc(OCCCN4CC=CCC4)cc3o2)cc1. The Labute approximate surface area is 178 Å². The maximum absolute atomic E-state index is 5.99. The highest BCUT2D eigenvalue weighted by molar-refractivity contribution is 5.77. The monoisotopic (exact) mass is 406 g/mol. The van der Waals surface area contributed by atoms with Crippen LogP contribution in [0.3, 0.4) is 0 Å². The van der Waals surface area contributed by atoms with Crippen LogP contribution in [0.4, 0.5) is 0 Å². The average molecular weight is 407 g/mol. The van der Waals surface area contributed by atoms with Gasteiger partial charge in [0.25, 0.3) is 0 Å². The van der Waals surface area contributed by atoms with Gasteiger partial charge in [-0.3, -0.25) is 4.90 Å². The first-order chi connectivity index (χ1) is 14.8. The second-order valence-corrected chi connectivity index (χ2v) is 7.64. The fourth-order valence-corrected chi connectivity index (χ4v) is 3.52. The number of fused-ring (bicyclic) bond motifs is 1. The third kappa shape index (κ3) is 5.42. The van der Waals surface area contributed by atoms with Gasteiger partial charge in [-0.25, -0.2) is 4.98 Å². The van der Waals surface area contributed by atoms with Crippen molar-refractivity contribution in [2.24, 2.45) is 0 Å². The van der Waals surface area contributed by atoms with Crippen LogP contribution in [0, 0.1) is 0 Å². The Morgan fingerprint density at radius 2 is 1.77 bits per heavy atom. The molecule has 0 amide bonds. The smallest absolute Gasteiger partial charge is 0.227 e. The Balaban J connectivity index is 1.33. The second kappa shape index (κ2) is 10.3. The topological polar surface area (TPSA) is 47.7 Å². The lowest BCUT2D eigenvalue weighted by Gasteiger charge is -2.22. The largest absolute Gasteiger partial charge is 0.494 e. The van der Waals surface area contributed by atoms with Gasteiger partial charge in [-0.2, -0.15) is 0 Å². The molecule has 0 radical (unpaired) electrons. The Bertz CT molecular complexity index is 962. The normalized spacial score (nSPS) is 14.3. The van der Waals surface area contributed by atoms with Crippen molar-refractivity contribution >= 4 is 11.1 Å². The molecule has 30 heavy (non-hydrogen) atoms. The van der Waals surface area contributed by atoms with E-state index in [0.29, 0.717) is 12.5 Å². The van der Waals surface area contributed by atoms with E-state index in [1.165, 1.54) is 0 Å². The molecule has 0 N–H and O–H groups in total. The molecule has 0 unspecified atom stereocenters. The summed E-state index contributed by atoms with van der Waals surface area (Å²) in [5.74, 6) is 2.31. The molecule has 5 heteroatoms. The zero-order valence-corrected chi connectivity index (χ0v) is 17.7. The summed E-state index contributed by atoms with van der Waals surface area (Å²) in [6.45, 7) is 6.87. The maximum Gasteiger partial charge on any atom is 0.227 e. The molecule has 0 saturated heterocycles. The number of hydrogen-bond acceptors (Lipinski definition) is 5. The van der Waals surface area contributed by atoms with Gasteiger partial charge in [-0.05, 0) is 55.7 Å². The van der Waals surface area contributed by atoms with Gasteiger partial charge in [-0.1, -0.05) is 25.5 Å². The summed E-state index contributed by atoms with van der Waals surface area (Å²) >= 11 is 0. The molecule has 4 rings (SSSR count). The number of oxazole rings is 1. The van der Waals surface area contributed by atoms with Crippen LogP contribution in [0.1, 0.15) is 32.6 Å². The zero-order chi connectivity index (χ0) is 20.6. The number of ether oxygens (including phenoxy) is 2. The van der Waals surface area contributed by atoms with Crippen molar-refractivity contribution in [2.75, 3.05) is 32.8 Å². The fourth-order valence-electron chi connectivity index (χ4n) is 3.52. The van der Waals surface area contributed by atoms with Crippen LogP contribution < -0.4 is 9.47 Å². The van der Waals surface area contributed by atoms with Gasteiger partial charge in [0.1, 0.15) is 17.0 Å². The Hall–Kier alpha value is -2.79. The summed E-state index contributed by atoms with van der Waals surface area (Å²) in [4.78, 5) is 7.06. The number of rotatable bonds is 10. The number of nitrogens with zero attached hydrogens (tertiary/aromatic N) is 2. The minimum absolute atomic E-state index is 0.611. The van der Waals surface area contributed by atoms with E-state index in [-0.39, 0.29) is 0 Å². The zero-order valence-electron chi connectivity index (χ0n) is 17.7. The molecule has 2 heterocycles. The highest BCUT2D eigenvalue weighted by Gasteiger charge is 2.10. The van der Waals surface area contributed by atoms with Crippen molar-refractivity contribution in [1.29, 1.82) is 0 Å². The predicted molar refractivity (Wildman–Crippen MR) is 120 cm³/mol. The van der Waals surface area contributed by atoms with E-state index in [4.69, 9.17) is 13.9 Å². The number of hydrogen-bond donors (Lipinski definition) is 0. The molecular weight excluding hydrogens is 376 g/mol. The molecule has 5 nitrogen and oxygen atoms in total. The highest BCUT2D eigenvalue weighted by Crippen LogP contribution is 2.28. The van der Waals surface area contributed by atoms with Crippen LogP contribution in [-0.4, -0.2) is 42.7 Å². The molecule has 0 spiro atoms.